The van der Waals surface area contributed by atoms with E-state index < -0.39 is 0 Å². The van der Waals surface area contributed by atoms with Gasteiger partial charge in [0.2, 0.25) is 11.4 Å². The normalized spacial score (nSPS) is 9.50. The van der Waals surface area contributed by atoms with Crippen molar-refractivity contribution in [1.82, 2.24) is 9.97 Å². The molecule has 3 rings (SSSR count). The maximum absolute atomic E-state index is 10.6. The van der Waals surface area contributed by atoms with Gasteiger partial charge in [0, 0.05) is 39.2 Å². The molecule has 174 valence electrons. The number of hydrogen-bond acceptors (Lipinski definition) is 8. The highest BCUT2D eigenvalue weighted by Crippen LogP contribution is 2.15. The van der Waals surface area contributed by atoms with Crippen molar-refractivity contribution in [3.05, 3.63) is 82.9 Å². The molecule has 2 aromatic heterocycles. The fourth-order valence-corrected chi connectivity index (χ4v) is 2.01. The summed E-state index contributed by atoms with van der Waals surface area (Å²) in [6.45, 7) is 2.84. The number of aliphatic hydroxyl groups excluding tert-OH is 1. The van der Waals surface area contributed by atoms with Crippen LogP contribution >= 0.6 is 0 Å². The summed E-state index contributed by atoms with van der Waals surface area (Å²) in [7, 11) is 3.11. The Balaban J connectivity index is 0.000000312. The van der Waals surface area contributed by atoms with Crippen molar-refractivity contribution in [1.29, 1.82) is 0 Å². The molecule has 1 aromatic carbocycles. The first-order chi connectivity index (χ1) is 15.6. The number of aromatic amines is 1. The van der Waals surface area contributed by atoms with Gasteiger partial charge in [-0.25, -0.2) is 4.98 Å². The molecule has 9 nitrogen and oxygen atoms in total. The molecule has 0 aliphatic rings. The number of methoxy groups -OCH3 is 2. The number of nitrogens with zero attached hydrogens (tertiary/aromatic N) is 1. The second-order valence-electron chi connectivity index (χ2n) is 5.91. The molecule has 0 aliphatic heterocycles. The lowest BCUT2D eigenvalue weighted by Gasteiger charge is -2.07. The summed E-state index contributed by atoms with van der Waals surface area (Å²) < 4.78 is 25.3. The van der Waals surface area contributed by atoms with Crippen LogP contribution in [-0.4, -0.2) is 49.5 Å². The van der Waals surface area contributed by atoms with Crippen LogP contribution in [0.25, 0.3) is 0 Å². The highest BCUT2D eigenvalue weighted by atomic mass is 16.7. The van der Waals surface area contributed by atoms with Gasteiger partial charge in [0.15, 0.2) is 13.6 Å². The number of nitrogens with one attached hydrogen (secondary N) is 1. The van der Waals surface area contributed by atoms with E-state index in [1.54, 1.807) is 38.4 Å². The highest BCUT2D eigenvalue weighted by Gasteiger charge is 1.98. The summed E-state index contributed by atoms with van der Waals surface area (Å²) in [6.07, 6.45) is 3.10. The number of H-pyrrole nitrogens is 1. The molecule has 0 saturated heterocycles. The molecule has 0 atom stereocenters. The molecular weight excluding hydrogens is 416 g/mol. The Morgan fingerprint density at radius 2 is 1.50 bits per heavy atom. The Morgan fingerprint density at radius 3 is 2.03 bits per heavy atom. The molecule has 9 heteroatoms. The summed E-state index contributed by atoms with van der Waals surface area (Å²) in [4.78, 5) is 17.2. The van der Waals surface area contributed by atoms with Crippen LogP contribution in [-0.2, 0) is 16.1 Å². The molecule has 0 radical (unpaired) electrons. The van der Waals surface area contributed by atoms with Gasteiger partial charge in [-0.2, -0.15) is 0 Å². The number of benzene rings is 1. The maximum atomic E-state index is 10.6. The van der Waals surface area contributed by atoms with Crippen LogP contribution in [0.15, 0.2) is 71.8 Å². The fourth-order valence-electron chi connectivity index (χ4n) is 2.01. The number of aliphatic hydroxyl groups is 1. The molecule has 0 amide bonds. The van der Waals surface area contributed by atoms with Gasteiger partial charge in [-0.1, -0.05) is 30.3 Å². The van der Waals surface area contributed by atoms with E-state index in [9.17, 15) is 4.79 Å². The van der Waals surface area contributed by atoms with Gasteiger partial charge < -0.3 is 33.8 Å². The Kier molecular flexibility index (Phi) is 14.4. The van der Waals surface area contributed by atoms with Crippen molar-refractivity contribution in [3.8, 4) is 17.4 Å². The van der Waals surface area contributed by atoms with Gasteiger partial charge in [0.25, 0.3) is 0 Å². The van der Waals surface area contributed by atoms with Crippen molar-refractivity contribution in [2.24, 2.45) is 0 Å². The van der Waals surface area contributed by atoms with Gasteiger partial charge in [-0.15, -0.1) is 0 Å². The third-order valence-electron chi connectivity index (χ3n) is 3.38. The van der Waals surface area contributed by atoms with E-state index >= 15 is 0 Å². The summed E-state index contributed by atoms with van der Waals surface area (Å²) >= 11 is 0. The summed E-state index contributed by atoms with van der Waals surface area (Å²) in [5.41, 5.74) is 0.966. The van der Waals surface area contributed by atoms with Crippen LogP contribution in [0.2, 0.25) is 0 Å². The molecule has 0 fully saturated rings. The van der Waals surface area contributed by atoms with Crippen LogP contribution in [0.1, 0.15) is 12.5 Å². The molecule has 32 heavy (non-hydrogen) atoms. The summed E-state index contributed by atoms with van der Waals surface area (Å²) in [6, 6.07) is 16.5. The van der Waals surface area contributed by atoms with Gasteiger partial charge in [0.05, 0.1) is 6.20 Å². The predicted octanol–water partition coefficient (Wildman–Crippen LogP) is 3.00. The minimum absolute atomic E-state index is 0.144. The zero-order valence-corrected chi connectivity index (χ0v) is 18.5. The van der Waals surface area contributed by atoms with E-state index in [1.807, 2.05) is 30.3 Å². The number of aromatic nitrogens is 2. The second kappa shape index (κ2) is 17.3. The van der Waals surface area contributed by atoms with E-state index in [1.165, 1.54) is 19.4 Å². The van der Waals surface area contributed by atoms with Crippen LogP contribution in [0.3, 0.4) is 0 Å². The molecule has 2 N–H and O–H groups in total. The highest BCUT2D eigenvalue weighted by molar-refractivity contribution is 5.23. The lowest BCUT2D eigenvalue weighted by molar-refractivity contribution is 0.0506. The quantitative estimate of drug-likeness (QED) is 0.483. The molecule has 3 aromatic rings. The van der Waals surface area contributed by atoms with E-state index in [0.717, 1.165) is 5.56 Å². The summed E-state index contributed by atoms with van der Waals surface area (Å²) in [5.74, 6) is 1.82. The Morgan fingerprint density at radius 1 is 0.875 bits per heavy atom. The molecule has 0 aliphatic carbocycles. The largest absolute Gasteiger partial charge is 0.473 e. The van der Waals surface area contributed by atoms with E-state index in [0.29, 0.717) is 24.0 Å². The van der Waals surface area contributed by atoms with Crippen LogP contribution in [0, 0.1) is 0 Å². The monoisotopic (exact) mass is 446 g/mol. The number of hydrogen-bond donors (Lipinski definition) is 2. The number of pyridine rings is 2. The average Bonchev–Trinajstić information content (AvgIpc) is 2.83. The minimum atomic E-state index is -0.144. The first kappa shape index (κ1) is 26.6. The maximum Gasteiger partial charge on any atom is 0.248 e. The first-order valence-electron chi connectivity index (χ1n) is 9.78. The molecular formula is C23H30N2O7. The van der Waals surface area contributed by atoms with E-state index in [-0.39, 0.29) is 25.8 Å². The van der Waals surface area contributed by atoms with Crippen LogP contribution in [0.5, 0.6) is 17.4 Å². The zero-order valence-electron chi connectivity index (χ0n) is 18.5. The molecule has 0 saturated carbocycles. The van der Waals surface area contributed by atoms with Crippen molar-refractivity contribution in [2.75, 3.05) is 34.4 Å². The summed E-state index contributed by atoms with van der Waals surface area (Å²) in [5, 5.41) is 7.57. The second-order valence-corrected chi connectivity index (χ2v) is 5.91. The number of ether oxygens (including phenoxy) is 5. The third-order valence-corrected chi connectivity index (χ3v) is 3.38. The Hall–Kier alpha value is -3.40. The van der Waals surface area contributed by atoms with E-state index in [4.69, 9.17) is 24.1 Å². The van der Waals surface area contributed by atoms with Gasteiger partial charge >= 0.3 is 0 Å². The average molecular weight is 447 g/mol. The Labute approximate surface area is 187 Å². The fraction of sp³-hybridized carbons (Fsp3) is 0.304. The molecule has 0 spiro atoms. The molecule has 0 unspecified atom stereocenters. The van der Waals surface area contributed by atoms with Crippen LogP contribution < -0.4 is 19.8 Å². The smallest absolute Gasteiger partial charge is 0.248 e. The van der Waals surface area contributed by atoms with Crippen LogP contribution in [0.4, 0.5) is 0 Å². The third kappa shape index (κ3) is 12.3. The van der Waals surface area contributed by atoms with Gasteiger partial charge in [0.1, 0.15) is 18.1 Å². The Bertz CT molecular complexity index is 866. The van der Waals surface area contributed by atoms with Gasteiger partial charge in [-0.3, -0.25) is 4.79 Å². The minimum Gasteiger partial charge on any atom is -0.473 e. The molecule has 0 bridgehead atoms. The molecule has 2 heterocycles. The lowest BCUT2D eigenvalue weighted by atomic mass is 10.2. The topological polar surface area (TPSA) is 112 Å². The van der Waals surface area contributed by atoms with Crippen molar-refractivity contribution < 1.29 is 28.8 Å². The van der Waals surface area contributed by atoms with Gasteiger partial charge in [-0.05, 0) is 24.6 Å². The zero-order chi connectivity index (χ0) is 23.4. The number of rotatable bonds is 9. The van der Waals surface area contributed by atoms with Crippen molar-refractivity contribution in [2.45, 2.75) is 13.5 Å². The first-order valence-corrected chi connectivity index (χ1v) is 9.78. The van der Waals surface area contributed by atoms with Crippen molar-refractivity contribution >= 4 is 0 Å². The van der Waals surface area contributed by atoms with E-state index in [2.05, 4.69) is 14.7 Å². The van der Waals surface area contributed by atoms with Crippen molar-refractivity contribution in [3.63, 3.8) is 0 Å². The SMILES string of the molecule is CCO.COCOc1ccc(=O)[nH]c1.COCOc1ccc(OCc2ccccc2)nc1. The standard InChI is InChI=1S/C14H15NO3.C7H9NO3.C2H6O/c1-16-11-18-13-7-8-14(15-9-13)17-10-12-5-3-2-4-6-12;1-10-5-11-6-2-3-7(9)8-4-6;1-2-3/h2-9H,10-11H2,1H3;2-4H,5H2,1H3,(H,8,9);3H,2H2,1H3. The lowest BCUT2D eigenvalue weighted by Crippen LogP contribution is -2.04. The predicted molar refractivity (Wildman–Crippen MR) is 120 cm³/mol.